The quantitative estimate of drug-likeness (QED) is 0.623. The van der Waals surface area contributed by atoms with Crippen LogP contribution in [0.2, 0.25) is 0 Å². The first-order chi connectivity index (χ1) is 5.99. The Hall–Kier alpha value is -0.120. The fourth-order valence-corrected chi connectivity index (χ4v) is 1.06. The number of hydrogen-bond donors (Lipinski definition) is 1. The van der Waals surface area contributed by atoms with Crippen molar-refractivity contribution in [1.82, 2.24) is 0 Å². The lowest BCUT2D eigenvalue weighted by atomic mass is 10.0. The summed E-state index contributed by atoms with van der Waals surface area (Å²) in [5.41, 5.74) is -0.632. The molecule has 0 bridgehead atoms. The lowest BCUT2D eigenvalue weighted by Gasteiger charge is -2.22. The first-order valence-corrected chi connectivity index (χ1v) is 4.95. The molecule has 0 aromatic carbocycles. The van der Waals surface area contributed by atoms with E-state index in [-0.39, 0.29) is 6.29 Å². The third-order valence-corrected chi connectivity index (χ3v) is 1.70. The summed E-state index contributed by atoms with van der Waals surface area (Å²) in [6, 6.07) is 0. The van der Waals surface area contributed by atoms with Crippen LogP contribution in [0.5, 0.6) is 0 Å². The van der Waals surface area contributed by atoms with Crippen LogP contribution in [-0.4, -0.2) is 30.2 Å². The summed E-state index contributed by atoms with van der Waals surface area (Å²) in [6.07, 6.45) is 1.27. The Morgan fingerprint density at radius 2 is 1.62 bits per heavy atom. The summed E-state index contributed by atoms with van der Waals surface area (Å²) in [4.78, 5) is 0. The average molecular weight is 190 g/mol. The van der Waals surface area contributed by atoms with Crippen molar-refractivity contribution in [1.29, 1.82) is 0 Å². The van der Waals surface area contributed by atoms with Gasteiger partial charge in [-0.3, -0.25) is 0 Å². The van der Waals surface area contributed by atoms with Crippen molar-refractivity contribution in [3.63, 3.8) is 0 Å². The maximum atomic E-state index is 9.49. The SMILES string of the molecule is CCOC(CCC(C)(C)O)OCC. The van der Waals surface area contributed by atoms with E-state index in [1.807, 2.05) is 13.8 Å². The monoisotopic (exact) mass is 190 g/mol. The minimum Gasteiger partial charge on any atom is -0.390 e. The summed E-state index contributed by atoms with van der Waals surface area (Å²) in [6.45, 7) is 8.77. The third kappa shape index (κ3) is 8.22. The molecule has 0 unspecified atom stereocenters. The van der Waals surface area contributed by atoms with Crippen LogP contribution >= 0.6 is 0 Å². The fourth-order valence-electron chi connectivity index (χ4n) is 1.06. The van der Waals surface area contributed by atoms with Crippen molar-refractivity contribution in [3.05, 3.63) is 0 Å². The van der Waals surface area contributed by atoms with E-state index in [0.29, 0.717) is 19.6 Å². The standard InChI is InChI=1S/C10H22O3/c1-5-12-9(13-6-2)7-8-10(3,4)11/h9,11H,5-8H2,1-4H3. The third-order valence-electron chi connectivity index (χ3n) is 1.70. The second-order valence-corrected chi connectivity index (χ2v) is 3.69. The molecule has 3 nitrogen and oxygen atoms in total. The minimum absolute atomic E-state index is 0.165. The molecule has 0 saturated carbocycles. The molecule has 0 atom stereocenters. The molecule has 0 aliphatic heterocycles. The summed E-state index contributed by atoms with van der Waals surface area (Å²) in [7, 11) is 0. The molecular weight excluding hydrogens is 168 g/mol. The Bertz CT molecular complexity index is 112. The van der Waals surface area contributed by atoms with Crippen LogP contribution in [0.25, 0.3) is 0 Å². The van der Waals surface area contributed by atoms with Crippen molar-refractivity contribution in [2.75, 3.05) is 13.2 Å². The summed E-state index contributed by atoms with van der Waals surface area (Å²) in [5, 5.41) is 9.49. The zero-order valence-electron chi connectivity index (χ0n) is 9.17. The number of aliphatic hydroxyl groups is 1. The van der Waals surface area contributed by atoms with Gasteiger partial charge in [0.15, 0.2) is 6.29 Å². The molecule has 0 aromatic rings. The molecule has 0 rings (SSSR count). The van der Waals surface area contributed by atoms with E-state index in [1.54, 1.807) is 13.8 Å². The molecule has 0 spiro atoms. The molecule has 0 aliphatic rings. The van der Waals surface area contributed by atoms with Crippen molar-refractivity contribution in [3.8, 4) is 0 Å². The Kier molecular flexibility index (Phi) is 6.29. The van der Waals surface area contributed by atoms with Gasteiger partial charge in [-0.1, -0.05) is 0 Å². The Morgan fingerprint density at radius 3 is 1.92 bits per heavy atom. The van der Waals surface area contributed by atoms with Crippen molar-refractivity contribution in [2.24, 2.45) is 0 Å². The van der Waals surface area contributed by atoms with E-state index in [1.165, 1.54) is 0 Å². The Balaban J connectivity index is 3.68. The van der Waals surface area contributed by atoms with Crippen LogP contribution in [0, 0.1) is 0 Å². The topological polar surface area (TPSA) is 38.7 Å². The van der Waals surface area contributed by atoms with Gasteiger partial charge in [-0.15, -0.1) is 0 Å². The Morgan fingerprint density at radius 1 is 1.15 bits per heavy atom. The second-order valence-electron chi connectivity index (χ2n) is 3.69. The van der Waals surface area contributed by atoms with Gasteiger partial charge in [-0.05, 0) is 34.1 Å². The highest BCUT2D eigenvalue weighted by Crippen LogP contribution is 2.14. The van der Waals surface area contributed by atoms with Crippen LogP contribution in [-0.2, 0) is 9.47 Å². The first-order valence-electron chi connectivity index (χ1n) is 4.95. The first kappa shape index (κ1) is 12.9. The van der Waals surface area contributed by atoms with Crippen LogP contribution in [0.1, 0.15) is 40.5 Å². The van der Waals surface area contributed by atoms with Gasteiger partial charge in [0.05, 0.1) is 5.60 Å². The predicted octanol–water partition coefficient (Wildman–Crippen LogP) is 1.94. The highest BCUT2D eigenvalue weighted by Gasteiger charge is 2.16. The number of rotatable bonds is 7. The highest BCUT2D eigenvalue weighted by atomic mass is 16.7. The fraction of sp³-hybridized carbons (Fsp3) is 1.00. The van der Waals surface area contributed by atoms with E-state index in [0.717, 1.165) is 6.42 Å². The summed E-state index contributed by atoms with van der Waals surface area (Å²) < 4.78 is 10.7. The molecule has 0 radical (unpaired) electrons. The van der Waals surface area contributed by atoms with E-state index in [9.17, 15) is 5.11 Å². The zero-order chi connectivity index (χ0) is 10.3. The lowest BCUT2D eigenvalue weighted by molar-refractivity contribution is -0.146. The minimum atomic E-state index is -0.632. The van der Waals surface area contributed by atoms with E-state index < -0.39 is 5.60 Å². The van der Waals surface area contributed by atoms with Gasteiger partial charge in [0.2, 0.25) is 0 Å². The summed E-state index contributed by atoms with van der Waals surface area (Å²) in [5.74, 6) is 0. The number of hydrogen-bond acceptors (Lipinski definition) is 3. The number of ether oxygens (including phenoxy) is 2. The summed E-state index contributed by atoms with van der Waals surface area (Å²) >= 11 is 0. The average Bonchev–Trinajstić information content (AvgIpc) is 2.00. The maximum absolute atomic E-state index is 9.49. The van der Waals surface area contributed by atoms with E-state index in [4.69, 9.17) is 9.47 Å². The highest BCUT2D eigenvalue weighted by molar-refractivity contribution is 4.65. The second kappa shape index (κ2) is 6.35. The van der Waals surface area contributed by atoms with Crippen LogP contribution in [0.15, 0.2) is 0 Å². The van der Waals surface area contributed by atoms with E-state index >= 15 is 0 Å². The largest absolute Gasteiger partial charge is 0.390 e. The van der Waals surface area contributed by atoms with Gasteiger partial charge in [0, 0.05) is 19.6 Å². The van der Waals surface area contributed by atoms with Gasteiger partial charge < -0.3 is 14.6 Å². The molecule has 0 amide bonds. The van der Waals surface area contributed by atoms with Crippen LogP contribution < -0.4 is 0 Å². The smallest absolute Gasteiger partial charge is 0.157 e. The molecule has 0 fully saturated rings. The molecular formula is C10H22O3. The molecule has 0 heterocycles. The molecule has 80 valence electrons. The van der Waals surface area contributed by atoms with Crippen molar-refractivity contribution < 1.29 is 14.6 Å². The lowest BCUT2D eigenvalue weighted by Crippen LogP contribution is -2.24. The molecule has 3 heteroatoms. The van der Waals surface area contributed by atoms with Gasteiger partial charge in [-0.2, -0.15) is 0 Å². The molecule has 1 N–H and O–H groups in total. The van der Waals surface area contributed by atoms with Gasteiger partial charge in [-0.25, -0.2) is 0 Å². The zero-order valence-corrected chi connectivity index (χ0v) is 9.17. The van der Waals surface area contributed by atoms with Gasteiger partial charge in [0.25, 0.3) is 0 Å². The van der Waals surface area contributed by atoms with Crippen molar-refractivity contribution >= 4 is 0 Å². The normalized spacial score (nSPS) is 12.5. The Labute approximate surface area is 81.0 Å². The molecule has 0 saturated heterocycles. The van der Waals surface area contributed by atoms with Crippen LogP contribution in [0.3, 0.4) is 0 Å². The van der Waals surface area contributed by atoms with E-state index in [2.05, 4.69) is 0 Å². The van der Waals surface area contributed by atoms with Gasteiger partial charge >= 0.3 is 0 Å². The predicted molar refractivity (Wildman–Crippen MR) is 52.6 cm³/mol. The van der Waals surface area contributed by atoms with Crippen molar-refractivity contribution in [2.45, 2.75) is 52.4 Å². The van der Waals surface area contributed by atoms with Crippen LogP contribution in [0.4, 0.5) is 0 Å². The van der Waals surface area contributed by atoms with Gasteiger partial charge in [0.1, 0.15) is 0 Å². The molecule has 13 heavy (non-hydrogen) atoms. The maximum Gasteiger partial charge on any atom is 0.157 e. The molecule has 0 aliphatic carbocycles. The molecule has 0 aromatic heterocycles.